The van der Waals surface area contributed by atoms with Crippen LogP contribution in [0.5, 0.6) is 0 Å². The fraction of sp³-hybridized carbons (Fsp3) is 0.474. The predicted molar refractivity (Wildman–Crippen MR) is 90.7 cm³/mol. The van der Waals surface area contributed by atoms with Crippen molar-refractivity contribution in [3.8, 4) is 0 Å². The quantitative estimate of drug-likeness (QED) is 0.715. The Balaban J connectivity index is 0.00000208. The Bertz CT molecular complexity index is 675. The van der Waals surface area contributed by atoms with Gasteiger partial charge in [-0.05, 0) is 30.8 Å². The first-order valence-electron chi connectivity index (χ1n) is 8.42. The second-order valence-corrected chi connectivity index (χ2v) is 6.30. The van der Waals surface area contributed by atoms with Gasteiger partial charge in [0.05, 0.1) is 6.42 Å². The van der Waals surface area contributed by atoms with Gasteiger partial charge >= 0.3 is 0 Å². The Kier molecular flexibility index (Phi) is 7.42. The maximum atomic E-state index is 12.5. The van der Waals surface area contributed by atoms with E-state index in [1.54, 1.807) is 5.92 Å². The van der Waals surface area contributed by atoms with Gasteiger partial charge in [0.1, 0.15) is 5.52 Å². The molecule has 2 heterocycles. The molecule has 4 nitrogen and oxygen atoms in total. The van der Waals surface area contributed by atoms with Crippen molar-refractivity contribution in [1.29, 1.82) is 0 Å². The zero-order valence-corrected chi connectivity index (χ0v) is 17.2. The van der Waals surface area contributed by atoms with Crippen molar-refractivity contribution in [1.82, 2.24) is 9.88 Å². The molecule has 1 saturated heterocycles. The van der Waals surface area contributed by atoms with Crippen LogP contribution in [0.1, 0.15) is 43.6 Å². The molecule has 0 bridgehead atoms. The number of amides is 1. The second-order valence-electron chi connectivity index (χ2n) is 6.30. The normalized spacial score (nSPS) is 15.5. The van der Waals surface area contributed by atoms with Crippen molar-refractivity contribution >= 4 is 17.0 Å². The number of nitrogens with zero attached hydrogens (tertiary/aromatic N) is 2. The maximum Gasteiger partial charge on any atom is 0.226 e. The molecule has 2 aromatic rings. The second kappa shape index (κ2) is 9.10. The molecule has 1 radical (unpaired) electrons. The summed E-state index contributed by atoms with van der Waals surface area (Å²) in [6, 6.07) is 5.83. The van der Waals surface area contributed by atoms with Crippen LogP contribution in [-0.2, 0) is 43.9 Å². The predicted octanol–water partition coefficient (Wildman–Crippen LogP) is 3.88. The molecule has 1 aromatic carbocycles. The molecule has 127 valence electrons. The molecule has 0 spiro atoms. The molecule has 1 fully saturated rings. The van der Waals surface area contributed by atoms with Gasteiger partial charge in [0.2, 0.25) is 5.91 Å². The number of unbranched alkanes of at least 4 members (excludes halogenated alkanes) is 1. The number of rotatable bonds is 5. The van der Waals surface area contributed by atoms with E-state index in [0.717, 1.165) is 49.0 Å². The molecule has 0 unspecified atom stereocenters. The summed E-state index contributed by atoms with van der Waals surface area (Å²) in [5.74, 6) is 2.46. The number of hydrogen-bond donors (Lipinski definition) is 0. The van der Waals surface area contributed by atoms with Gasteiger partial charge < -0.3 is 22.2 Å². The third-order valence-electron chi connectivity index (χ3n) is 4.52. The minimum absolute atomic E-state index is 0. The van der Waals surface area contributed by atoms with Crippen LogP contribution in [0.15, 0.2) is 22.6 Å². The van der Waals surface area contributed by atoms with E-state index in [-0.39, 0.29) is 38.6 Å². The largest absolute Gasteiger partial charge is 0.441 e. The minimum atomic E-state index is 0. The standard InChI is InChI=1S/C19H24N2O2.Y/c1-3-4-5-15-8-10-21(11-9-15)19(22)13-16-6-7-17-18(12-16)23-14(2)20-17;/h6-7,12H,1,3-5,8-11,13H2,2H3;/q-2;. The molecule has 0 N–H and O–H groups in total. The zero-order valence-electron chi connectivity index (χ0n) is 14.4. The first-order valence-corrected chi connectivity index (χ1v) is 8.42. The van der Waals surface area contributed by atoms with Gasteiger partial charge in [0.15, 0.2) is 11.5 Å². The smallest absolute Gasteiger partial charge is 0.226 e. The van der Waals surface area contributed by atoms with Crippen molar-refractivity contribution in [2.45, 2.75) is 45.4 Å². The van der Waals surface area contributed by atoms with Crippen LogP contribution in [0.3, 0.4) is 0 Å². The average Bonchev–Trinajstić information content (AvgIpc) is 2.92. The van der Waals surface area contributed by atoms with Gasteiger partial charge in [-0.25, -0.2) is 4.98 Å². The molecule has 24 heavy (non-hydrogen) atoms. The van der Waals surface area contributed by atoms with Gasteiger partial charge in [-0.3, -0.25) is 4.79 Å². The van der Waals surface area contributed by atoms with Crippen LogP contribution >= 0.6 is 0 Å². The van der Waals surface area contributed by atoms with Crippen LogP contribution in [0.4, 0.5) is 0 Å². The van der Waals surface area contributed by atoms with E-state index in [9.17, 15) is 4.79 Å². The summed E-state index contributed by atoms with van der Waals surface area (Å²) in [6.45, 7) is 7.44. The molecule has 3 rings (SSSR count). The Hall–Kier alpha value is -0.736. The monoisotopic (exact) mass is 401 g/mol. The van der Waals surface area contributed by atoms with Crippen LogP contribution in [0.25, 0.3) is 11.1 Å². The number of oxazole rings is 1. The summed E-state index contributed by atoms with van der Waals surface area (Å²) < 4.78 is 5.54. The number of hydrogen-bond acceptors (Lipinski definition) is 3. The van der Waals surface area contributed by atoms with E-state index < -0.39 is 0 Å². The number of aromatic nitrogens is 1. The summed E-state index contributed by atoms with van der Waals surface area (Å²) in [4.78, 5) is 18.8. The van der Waals surface area contributed by atoms with Crippen LogP contribution in [0, 0.1) is 19.8 Å². The van der Waals surface area contributed by atoms with E-state index in [1.165, 1.54) is 12.8 Å². The number of carbonyl (C=O) groups excluding carboxylic acids is 1. The average molecular weight is 401 g/mol. The van der Waals surface area contributed by atoms with E-state index in [1.807, 2.05) is 30.0 Å². The molecule has 1 aliphatic heterocycles. The number of likely N-dealkylation sites (tertiary alicyclic amines) is 1. The van der Waals surface area contributed by atoms with Crippen LogP contribution in [-0.4, -0.2) is 28.9 Å². The van der Waals surface area contributed by atoms with Gasteiger partial charge in [-0.1, -0.05) is 6.07 Å². The number of aryl methyl sites for hydroxylation is 1. The Morgan fingerprint density at radius 3 is 2.83 bits per heavy atom. The summed E-state index contributed by atoms with van der Waals surface area (Å²) in [5, 5.41) is 0. The van der Waals surface area contributed by atoms with Gasteiger partial charge in [0, 0.05) is 39.6 Å². The fourth-order valence-electron chi connectivity index (χ4n) is 3.18. The zero-order chi connectivity index (χ0) is 16.2. The maximum absolute atomic E-state index is 12.5. The fourth-order valence-corrected chi connectivity index (χ4v) is 3.18. The Morgan fingerprint density at radius 2 is 2.12 bits per heavy atom. The molecule has 5 heteroatoms. The Morgan fingerprint density at radius 1 is 1.38 bits per heavy atom. The van der Waals surface area contributed by atoms with Crippen LogP contribution in [0.2, 0.25) is 0 Å². The molecule has 0 saturated carbocycles. The van der Waals surface area contributed by atoms with Gasteiger partial charge in [-0.2, -0.15) is 25.7 Å². The third kappa shape index (κ3) is 4.89. The van der Waals surface area contributed by atoms with E-state index >= 15 is 0 Å². The van der Waals surface area contributed by atoms with E-state index in [0.29, 0.717) is 12.3 Å². The SMILES string of the molecule is [CH2-]CCC[C-]1CCN(C(=O)Cc2ccc3nc(C)oc3c2)CC1.[Y]. The third-order valence-corrected chi connectivity index (χ3v) is 4.52. The number of benzene rings is 1. The summed E-state index contributed by atoms with van der Waals surface area (Å²) in [7, 11) is 0. The summed E-state index contributed by atoms with van der Waals surface area (Å²) >= 11 is 0. The number of fused-ring (bicyclic) bond motifs is 1. The van der Waals surface area contributed by atoms with Gasteiger partial charge in [-0.15, -0.1) is 6.42 Å². The number of piperidine rings is 1. The topological polar surface area (TPSA) is 46.3 Å². The van der Waals surface area contributed by atoms with Crippen molar-refractivity contribution in [2.75, 3.05) is 13.1 Å². The molecule has 0 atom stereocenters. The van der Waals surface area contributed by atoms with Crippen molar-refractivity contribution in [2.24, 2.45) is 0 Å². The molecule has 1 aliphatic rings. The molecular weight excluding hydrogens is 377 g/mol. The first-order chi connectivity index (χ1) is 11.2. The molecule has 1 amide bonds. The number of carbonyl (C=O) groups is 1. The van der Waals surface area contributed by atoms with Crippen molar-refractivity contribution in [3.05, 3.63) is 42.5 Å². The van der Waals surface area contributed by atoms with Crippen molar-refractivity contribution < 1.29 is 41.9 Å². The van der Waals surface area contributed by atoms with E-state index in [2.05, 4.69) is 11.9 Å². The van der Waals surface area contributed by atoms with Crippen molar-refractivity contribution in [3.63, 3.8) is 0 Å². The summed E-state index contributed by atoms with van der Waals surface area (Å²) in [6.07, 6.45) is 5.87. The molecule has 1 aromatic heterocycles. The first kappa shape index (κ1) is 19.6. The summed E-state index contributed by atoms with van der Waals surface area (Å²) in [5.41, 5.74) is 2.60. The molecular formula is C19H24N2O2Y-2. The van der Waals surface area contributed by atoms with E-state index in [4.69, 9.17) is 4.42 Å². The van der Waals surface area contributed by atoms with Gasteiger partial charge in [0.25, 0.3) is 0 Å². The minimum Gasteiger partial charge on any atom is -0.441 e. The van der Waals surface area contributed by atoms with Crippen LogP contribution < -0.4 is 0 Å². The Labute approximate surface area is 169 Å². The molecule has 0 aliphatic carbocycles.